The standard InChI is InChI=1S/C17H12N2O4/c20-15-14(10-11-6-8-12(9-7-11)16(21)22)18-17(23)19(15)13-4-2-1-3-5-13/h1-9H,10H2,(H,21,22). The van der Waals surface area contributed by atoms with Crippen molar-refractivity contribution >= 4 is 29.3 Å². The second-order valence-corrected chi connectivity index (χ2v) is 5.00. The molecular weight excluding hydrogens is 296 g/mol. The van der Waals surface area contributed by atoms with Crippen molar-refractivity contribution < 1.29 is 19.5 Å². The molecule has 0 unspecified atom stereocenters. The Hall–Kier alpha value is -3.28. The van der Waals surface area contributed by atoms with Gasteiger partial charge in [0, 0.05) is 6.42 Å². The van der Waals surface area contributed by atoms with Crippen LogP contribution in [0.25, 0.3) is 0 Å². The molecule has 0 saturated heterocycles. The van der Waals surface area contributed by atoms with E-state index in [9.17, 15) is 14.4 Å². The van der Waals surface area contributed by atoms with Crippen molar-refractivity contribution in [3.8, 4) is 0 Å². The number of carboxylic acid groups (broad SMARTS) is 1. The minimum atomic E-state index is -1.02. The lowest BCUT2D eigenvalue weighted by Crippen LogP contribution is -2.33. The Labute approximate surface area is 131 Å². The Morgan fingerprint density at radius 1 is 1.00 bits per heavy atom. The van der Waals surface area contributed by atoms with Gasteiger partial charge in [0.05, 0.1) is 11.3 Å². The van der Waals surface area contributed by atoms with E-state index in [1.165, 1.54) is 12.1 Å². The number of imide groups is 1. The molecule has 1 aliphatic heterocycles. The van der Waals surface area contributed by atoms with Crippen LogP contribution in [-0.2, 0) is 11.2 Å². The molecule has 114 valence electrons. The number of carbonyl (C=O) groups is 3. The first kappa shape index (κ1) is 14.6. The fourth-order valence-corrected chi connectivity index (χ4v) is 2.31. The maximum Gasteiger partial charge on any atom is 0.355 e. The number of hydrogen-bond acceptors (Lipinski definition) is 3. The Morgan fingerprint density at radius 3 is 2.26 bits per heavy atom. The topological polar surface area (TPSA) is 87.0 Å². The van der Waals surface area contributed by atoms with E-state index in [0.717, 1.165) is 4.90 Å². The Kier molecular flexibility index (Phi) is 3.72. The molecule has 3 rings (SSSR count). The second-order valence-electron chi connectivity index (χ2n) is 5.00. The summed E-state index contributed by atoms with van der Waals surface area (Å²) >= 11 is 0. The van der Waals surface area contributed by atoms with Crippen LogP contribution in [0.2, 0.25) is 0 Å². The number of hydrogen-bond donors (Lipinski definition) is 1. The molecule has 23 heavy (non-hydrogen) atoms. The van der Waals surface area contributed by atoms with Crippen molar-refractivity contribution in [1.29, 1.82) is 0 Å². The van der Waals surface area contributed by atoms with E-state index in [1.54, 1.807) is 42.5 Å². The van der Waals surface area contributed by atoms with E-state index in [4.69, 9.17) is 5.11 Å². The number of anilines is 1. The average Bonchev–Trinajstić information content (AvgIpc) is 2.82. The van der Waals surface area contributed by atoms with Crippen molar-refractivity contribution in [3.63, 3.8) is 0 Å². The maximum absolute atomic E-state index is 12.4. The van der Waals surface area contributed by atoms with E-state index in [1.807, 2.05) is 0 Å². The first-order chi connectivity index (χ1) is 11.1. The highest BCUT2D eigenvalue weighted by Crippen LogP contribution is 2.20. The van der Waals surface area contributed by atoms with Crippen LogP contribution in [0.15, 0.2) is 59.6 Å². The molecule has 2 aromatic rings. The highest BCUT2D eigenvalue weighted by Gasteiger charge is 2.34. The molecule has 3 amide bonds. The summed E-state index contributed by atoms with van der Waals surface area (Å²) in [6.45, 7) is 0. The Bertz CT molecular complexity index is 810. The quantitative estimate of drug-likeness (QED) is 0.940. The summed E-state index contributed by atoms with van der Waals surface area (Å²) in [5, 5.41) is 8.87. The zero-order valence-corrected chi connectivity index (χ0v) is 12.0. The monoisotopic (exact) mass is 308 g/mol. The van der Waals surface area contributed by atoms with Gasteiger partial charge in [0.15, 0.2) is 0 Å². The van der Waals surface area contributed by atoms with Crippen molar-refractivity contribution in [2.24, 2.45) is 4.99 Å². The van der Waals surface area contributed by atoms with E-state index in [2.05, 4.69) is 4.99 Å². The number of urea groups is 1. The Morgan fingerprint density at radius 2 is 1.65 bits per heavy atom. The maximum atomic E-state index is 12.4. The second kappa shape index (κ2) is 5.84. The molecule has 0 bridgehead atoms. The molecule has 0 aromatic heterocycles. The number of amides is 3. The Balaban J connectivity index is 1.79. The van der Waals surface area contributed by atoms with Crippen molar-refractivity contribution in [3.05, 3.63) is 65.7 Å². The number of nitrogens with zero attached hydrogens (tertiary/aromatic N) is 2. The van der Waals surface area contributed by atoms with Gasteiger partial charge in [-0.1, -0.05) is 30.3 Å². The van der Waals surface area contributed by atoms with Gasteiger partial charge in [-0.15, -0.1) is 0 Å². The van der Waals surface area contributed by atoms with Gasteiger partial charge in [-0.05, 0) is 29.8 Å². The molecule has 1 N–H and O–H groups in total. The van der Waals surface area contributed by atoms with Crippen LogP contribution in [0.4, 0.5) is 10.5 Å². The van der Waals surface area contributed by atoms with Gasteiger partial charge in [-0.25, -0.2) is 14.5 Å². The fraction of sp³-hybridized carbons (Fsp3) is 0.0588. The molecule has 1 heterocycles. The number of benzene rings is 2. The lowest BCUT2D eigenvalue weighted by molar-refractivity contribution is -0.111. The van der Waals surface area contributed by atoms with Gasteiger partial charge in [-0.3, -0.25) is 4.79 Å². The summed E-state index contributed by atoms with van der Waals surface area (Å²) in [4.78, 5) is 40.0. The van der Waals surface area contributed by atoms with Gasteiger partial charge < -0.3 is 5.11 Å². The summed E-state index contributed by atoms with van der Waals surface area (Å²) < 4.78 is 0. The highest BCUT2D eigenvalue weighted by atomic mass is 16.4. The van der Waals surface area contributed by atoms with Crippen LogP contribution >= 0.6 is 0 Å². The van der Waals surface area contributed by atoms with Crippen LogP contribution in [-0.4, -0.2) is 28.7 Å². The zero-order chi connectivity index (χ0) is 16.4. The van der Waals surface area contributed by atoms with Crippen LogP contribution in [0, 0.1) is 0 Å². The van der Waals surface area contributed by atoms with E-state index in [0.29, 0.717) is 11.3 Å². The van der Waals surface area contributed by atoms with Gasteiger partial charge in [0.2, 0.25) is 0 Å². The lowest BCUT2D eigenvalue weighted by Gasteiger charge is -2.12. The largest absolute Gasteiger partial charge is 0.478 e. The minimum absolute atomic E-state index is 0.141. The van der Waals surface area contributed by atoms with Crippen LogP contribution in [0.3, 0.4) is 0 Å². The number of para-hydroxylation sites is 1. The third-order valence-corrected chi connectivity index (χ3v) is 3.46. The summed E-state index contributed by atoms with van der Waals surface area (Å²) in [5.41, 5.74) is 1.49. The number of carbonyl (C=O) groups excluding carboxylic acids is 2. The number of aromatic carboxylic acids is 1. The normalized spacial score (nSPS) is 14.1. The molecule has 6 nitrogen and oxygen atoms in total. The van der Waals surface area contributed by atoms with Gasteiger partial charge in [-0.2, -0.15) is 4.99 Å². The first-order valence-electron chi connectivity index (χ1n) is 6.89. The first-order valence-corrected chi connectivity index (χ1v) is 6.89. The minimum Gasteiger partial charge on any atom is -0.478 e. The lowest BCUT2D eigenvalue weighted by atomic mass is 10.1. The molecule has 0 spiro atoms. The third-order valence-electron chi connectivity index (χ3n) is 3.46. The molecule has 6 heteroatoms. The fourth-order valence-electron chi connectivity index (χ4n) is 2.31. The van der Waals surface area contributed by atoms with Crippen LogP contribution < -0.4 is 4.90 Å². The van der Waals surface area contributed by atoms with Crippen LogP contribution in [0.1, 0.15) is 15.9 Å². The predicted molar refractivity (Wildman–Crippen MR) is 83.9 cm³/mol. The number of aliphatic imine (C=N–C) groups is 1. The van der Waals surface area contributed by atoms with Crippen molar-refractivity contribution in [2.45, 2.75) is 6.42 Å². The third kappa shape index (κ3) is 2.87. The van der Waals surface area contributed by atoms with Gasteiger partial charge in [0.25, 0.3) is 5.91 Å². The molecular formula is C17H12N2O4. The summed E-state index contributed by atoms with van der Waals surface area (Å²) in [5.74, 6) is -1.47. The molecule has 0 fully saturated rings. The molecule has 0 saturated carbocycles. The van der Waals surface area contributed by atoms with Gasteiger partial charge >= 0.3 is 12.0 Å². The van der Waals surface area contributed by atoms with Gasteiger partial charge in [0.1, 0.15) is 5.71 Å². The molecule has 0 radical (unpaired) electrons. The predicted octanol–water partition coefficient (Wildman–Crippen LogP) is 2.54. The summed E-state index contributed by atoms with van der Waals surface area (Å²) in [6.07, 6.45) is 0.174. The van der Waals surface area contributed by atoms with Crippen molar-refractivity contribution in [2.75, 3.05) is 4.90 Å². The average molecular weight is 308 g/mol. The molecule has 0 aliphatic carbocycles. The van der Waals surface area contributed by atoms with E-state index >= 15 is 0 Å². The number of rotatable bonds is 4. The summed E-state index contributed by atoms with van der Waals surface area (Å²) in [7, 11) is 0. The summed E-state index contributed by atoms with van der Waals surface area (Å²) in [6, 6.07) is 14.1. The van der Waals surface area contributed by atoms with E-state index in [-0.39, 0.29) is 17.7 Å². The SMILES string of the molecule is O=C(O)c1ccc(CC2=NC(=O)N(c3ccccc3)C2=O)cc1. The zero-order valence-electron chi connectivity index (χ0n) is 12.0. The van der Waals surface area contributed by atoms with Crippen molar-refractivity contribution in [1.82, 2.24) is 0 Å². The molecule has 2 aromatic carbocycles. The highest BCUT2D eigenvalue weighted by molar-refractivity contribution is 6.53. The molecule has 0 atom stereocenters. The van der Waals surface area contributed by atoms with E-state index < -0.39 is 17.9 Å². The number of carboxylic acids is 1. The van der Waals surface area contributed by atoms with Crippen LogP contribution in [0.5, 0.6) is 0 Å². The molecule has 1 aliphatic rings. The smallest absolute Gasteiger partial charge is 0.355 e.